The van der Waals surface area contributed by atoms with Gasteiger partial charge in [-0.25, -0.2) is 4.90 Å². The summed E-state index contributed by atoms with van der Waals surface area (Å²) >= 11 is 0. The molecule has 4 heteroatoms. The van der Waals surface area contributed by atoms with E-state index in [-0.39, 0.29) is 29.4 Å². The Morgan fingerprint density at radius 1 is 0.422 bits per heavy atom. The van der Waals surface area contributed by atoms with Crippen LogP contribution in [0.25, 0.3) is 43.8 Å². The lowest BCUT2D eigenvalue weighted by Crippen LogP contribution is -2.41. The molecule has 0 aromatic heterocycles. The number of rotatable bonds is 4. The second-order valence-electron chi connectivity index (χ2n) is 12.7. The quantitative estimate of drug-likeness (QED) is 0.193. The number of imide groups is 1. The summed E-state index contributed by atoms with van der Waals surface area (Å²) < 4.78 is 0. The van der Waals surface area contributed by atoms with Crippen LogP contribution in [-0.2, 0) is 0 Å². The van der Waals surface area contributed by atoms with E-state index in [0.29, 0.717) is 33.3 Å². The maximum Gasteiger partial charge on any atom is 0.266 e. The van der Waals surface area contributed by atoms with Crippen LogP contribution in [0.1, 0.15) is 87.3 Å². The van der Waals surface area contributed by atoms with Crippen molar-refractivity contribution in [2.45, 2.75) is 39.5 Å². The Morgan fingerprint density at radius 2 is 0.867 bits per heavy atom. The molecule has 0 spiro atoms. The van der Waals surface area contributed by atoms with Crippen LogP contribution in [0.4, 0.5) is 5.69 Å². The van der Waals surface area contributed by atoms with Gasteiger partial charge in [0.15, 0.2) is 5.78 Å². The van der Waals surface area contributed by atoms with Crippen molar-refractivity contribution in [1.82, 2.24) is 0 Å². The van der Waals surface area contributed by atoms with E-state index < -0.39 is 0 Å². The maximum atomic E-state index is 14.4. The van der Waals surface area contributed by atoms with Gasteiger partial charge in [-0.15, -0.1) is 0 Å². The van der Waals surface area contributed by atoms with E-state index in [2.05, 4.69) is 45.9 Å². The lowest BCUT2D eigenvalue weighted by atomic mass is 9.80. The topological polar surface area (TPSA) is 54.5 Å². The Morgan fingerprint density at radius 3 is 1.47 bits per heavy atom. The van der Waals surface area contributed by atoms with Gasteiger partial charge in [-0.3, -0.25) is 14.4 Å². The second kappa shape index (κ2) is 9.83. The maximum absolute atomic E-state index is 14.4. The van der Waals surface area contributed by atoms with Crippen LogP contribution >= 0.6 is 0 Å². The molecule has 0 atom stereocenters. The molecule has 0 bridgehead atoms. The number of hydrogen-bond acceptors (Lipinski definition) is 3. The third-order valence-electron chi connectivity index (χ3n) is 9.51. The number of amides is 2. The Balaban J connectivity index is 1.36. The van der Waals surface area contributed by atoms with Crippen molar-refractivity contribution in [1.29, 1.82) is 0 Å². The van der Waals surface area contributed by atoms with E-state index in [1.165, 1.54) is 4.90 Å². The smallest absolute Gasteiger partial charge is 0.266 e. The van der Waals surface area contributed by atoms with Gasteiger partial charge >= 0.3 is 0 Å². The summed E-state index contributed by atoms with van der Waals surface area (Å²) in [6.45, 7) is 8.37. The zero-order valence-electron chi connectivity index (χ0n) is 25.6. The number of carbonyl (C=O) groups is 3. The van der Waals surface area contributed by atoms with Gasteiger partial charge in [0.2, 0.25) is 0 Å². The first-order valence-electron chi connectivity index (χ1n) is 15.6. The predicted octanol–water partition coefficient (Wildman–Crippen LogP) is 9.92. The van der Waals surface area contributed by atoms with Crippen LogP contribution in [0, 0.1) is 0 Å². The lowest BCUT2D eigenvalue weighted by Gasteiger charge is -2.32. The minimum absolute atomic E-state index is 0.0245. The van der Waals surface area contributed by atoms with Crippen LogP contribution in [0.15, 0.2) is 103 Å². The van der Waals surface area contributed by atoms with E-state index in [4.69, 9.17) is 0 Å². The Hall–Kier alpha value is -5.35. The lowest BCUT2D eigenvalue weighted by molar-refractivity contribution is 0.0892. The molecule has 0 fully saturated rings. The summed E-state index contributed by atoms with van der Waals surface area (Å²) in [5, 5.41) is 3.42. The number of para-hydroxylation sites is 1. The Bertz CT molecular complexity index is 2240. The van der Waals surface area contributed by atoms with Crippen LogP contribution < -0.4 is 4.90 Å². The molecule has 0 radical (unpaired) electrons. The normalized spacial score (nSPS) is 13.8. The molecule has 6 aromatic carbocycles. The third-order valence-corrected chi connectivity index (χ3v) is 9.51. The summed E-state index contributed by atoms with van der Waals surface area (Å²) in [5.41, 5.74) is 8.97. The standard InChI is InChI=1S/C41H31NO3/c1-22(2)24-12-7-13-25(23(3)4)38(24)42-40(44)34-17-9-15-30-28(19-21-35(37(30)34)41(42)45)27-18-20-31-26-10-5-6-11-32(26)39(43)33-16-8-14-29(27)36(31)33/h5-23H,1-4H3. The first kappa shape index (κ1) is 27.2. The van der Waals surface area contributed by atoms with Gasteiger partial charge in [0, 0.05) is 33.0 Å². The summed E-state index contributed by atoms with van der Waals surface area (Å²) in [4.78, 5) is 43.7. The molecular formula is C41H31NO3. The van der Waals surface area contributed by atoms with Crippen molar-refractivity contribution >= 4 is 44.8 Å². The predicted molar refractivity (Wildman–Crippen MR) is 182 cm³/mol. The van der Waals surface area contributed by atoms with E-state index in [1.807, 2.05) is 84.9 Å². The van der Waals surface area contributed by atoms with Gasteiger partial charge < -0.3 is 0 Å². The SMILES string of the molecule is CC(C)c1cccc(C(C)C)c1N1C(=O)c2cccc3c(-c4ccc5c6c(cccc46)C(=O)c4ccccc4-5)ccc(c23)C1=O. The highest BCUT2D eigenvalue weighted by Crippen LogP contribution is 2.46. The molecule has 6 aromatic rings. The third kappa shape index (κ3) is 3.75. The van der Waals surface area contributed by atoms with Gasteiger partial charge in [0.1, 0.15) is 0 Å². The highest BCUT2D eigenvalue weighted by molar-refractivity contribution is 6.37. The van der Waals surface area contributed by atoms with Gasteiger partial charge in [0.05, 0.1) is 5.69 Å². The van der Waals surface area contributed by atoms with Crippen LogP contribution in [0.2, 0.25) is 0 Å². The van der Waals surface area contributed by atoms with Gasteiger partial charge in [-0.1, -0.05) is 119 Å². The first-order chi connectivity index (χ1) is 21.8. The molecule has 218 valence electrons. The minimum atomic E-state index is -0.302. The molecule has 4 nitrogen and oxygen atoms in total. The van der Waals surface area contributed by atoms with E-state index in [1.54, 1.807) is 0 Å². The van der Waals surface area contributed by atoms with E-state index >= 15 is 0 Å². The number of ketones is 1. The van der Waals surface area contributed by atoms with Crippen molar-refractivity contribution in [2.75, 3.05) is 4.90 Å². The largest absolute Gasteiger partial charge is 0.289 e. The summed E-state index contributed by atoms with van der Waals surface area (Å²) in [6, 6.07) is 33.5. The number of fused-ring (bicyclic) bond motifs is 2. The highest BCUT2D eigenvalue weighted by Gasteiger charge is 2.37. The summed E-state index contributed by atoms with van der Waals surface area (Å²) in [7, 11) is 0. The fourth-order valence-corrected chi connectivity index (χ4v) is 7.42. The molecule has 0 saturated carbocycles. The van der Waals surface area contributed by atoms with Crippen molar-refractivity contribution in [3.63, 3.8) is 0 Å². The first-order valence-corrected chi connectivity index (χ1v) is 15.6. The summed E-state index contributed by atoms with van der Waals surface area (Å²) in [5.74, 6) is -0.318. The van der Waals surface area contributed by atoms with Crippen molar-refractivity contribution in [3.8, 4) is 22.3 Å². The van der Waals surface area contributed by atoms with Crippen molar-refractivity contribution in [3.05, 3.63) is 137 Å². The average molecular weight is 586 g/mol. The minimum Gasteiger partial charge on any atom is -0.289 e. The second-order valence-corrected chi connectivity index (χ2v) is 12.7. The van der Waals surface area contributed by atoms with Gasteiger partial charge in [-0.05, 0) is 68.1 Å². The molecule has 0 N–H and O–H groups in total. The zero-order chi connectivity index (χ0) is 31.1. The monoisotopic (exact) mass is 585 g/mol. The zero-order valence-corrected chi connectivity index (χ0v) is 25.6. The van der Waals surface area contributed by atoms with E-state index in [0.717, 1.165) is 49.5 Å². The number of nitrogens with zero attached hydrogens (tertiary/aromatic N) is 1. The van der Waals surface area contributed by atoms with Crippen molar-refractivity contribution in [2.24, 2.45) is 0 Å². The van der Waals surface area contributed by atoms with Gasteiger partial charge in [0.25, 0.3) is 11.8 Å². The summed E-state index contributed by atoms with van der Waals surface area (Å²) in [6.07, 6.45) is 0. The number of anilines is 1. The molecule has 1 heterocycles. The fourth-order valence-electron chi connectivity index (χ4n) is 7.42. The van der Waals surface area contributed by atoms with Crippen LogP contribution in [0.3, 0.4) is 0 Å². The molecule has 8 rings (SSSR count). The number of benzene rings is 6. The molecular weight excluding hydrogens is 554 g/mol. The van der Waals surface area contributed by atoms with Crippen molar-refractivity contribution < 1.29 is 14.4 Å². The molecule has 0 unspecified atom stereocenters. The fraction of sp³-hybridized carbons (Fsp3) is 0.146. The number of carbonyl (C=O) groups excluding carboxylic acids is 3. The Kier molecular flexibility index (Phi) is 5.95. The molecule has 0 saturated heterocycles. The van der Waals surface area contributed by atoms with Gasteiger partial charge in [-0.2, -0.15) is 0 Å². The molecule has 45 heavy (non-hydrogen) atoms. The molecule has 1 aliphatic carbocycles. The van der Waals surface area contributed by atoms with Crippen LogP contribution in [-0.4, -0.2) is 17.6 Å². The molecule has 2 aliphatic rings. The van der Waals surface area contributed by atoms with Crippen LogP contribution in [0.5, 0.6) is 0 Å². The molecule has 2 amide bonds. The van der Waals surface area contributed by atoms with E-state index in [9.17, 15) is 14.4 Å². The Labute approximate surface area is 261 Å². The average Bonchev–Trinajstić information content (AvgIpc) is 3.05. The number of hydrogen-bond donors (Lipinski definition) is 0. The molecule has 1 aliphatic heterocycles. The highest BCUT2D eigenvalue weighted by atomic mass is 16.2.